The second kappa shape index (κ2) is 4.41. The minimum atomic E-state index is -0.435. The van der Waals surface area contributed by atoms with Crippen molar-refractivity contribution in [1.82, 2.24) is 10.2 Å². The average molecular weight is 226 g/mol. The highest BCUT2D eigenvalue weighted by Gasteiger charge is 2.34. The number of hydrogen-bond acceptors (Lipinski definition) is 3. The van der Waals surface area contributed by atoms with Crippen molar-refractivity contribution in [2.24, 2.45) is 5.92 Å². The van der Waals surface area contributed by atoms with Crippen molar-refractivity contribution in [3.8, 4) is 0 Å². The summed E-state index contributed by atoms with van der Waals surface area (Å²) in [6, 6.07) is -0.367. The molecule has 0 aromatic carbocycles. The highest BCUT2D eigenvalue weighted by molar-refractivity contribution is 5.90. The fraction of sp³-hybridized carbons (Fsp3) is 0.818. The van der Waals surface area contributed by atoms with Crippen LogP contribution < -0.4 is 5.32 Å². The van der Waals surface area contributed by atoms with E-state index in [1.54, 1.807) is 4.90 Å². The standard InChI is InChI=1S/C11H18N2O3/c1-7-4-5-13(6-9(7)14)11(16)8-2-3-10(15)12-8/h7-9,14H,2-6H2,1H3,(H,12,15)/t7?,8-,9?/m0/s1. The molecule has 0 radical (unpaired) electrons. The van der Waals surface area contributed by atoms with E-state index >= 15 is 0 Å². The number of hydrogen-bond donors (Lipinski definition) is 2. The molecule has 2 aliphatic rings. The first-order valence-electron chi connectivity index (χ1n) is 5.84. The Balaban J connectivity index is 1.92. The van der Waals surface area contributed by atoms with Crippen LogP contribution in [-0.2, 0) is 9.59 Å². The number of rotatable bonds is 1. The Kier molecular flexibility index (Phi) is 3.14. The molecule has 5 nitrogen and oxygen atoms in total. The molecule has 0 spiro atoms. The molecule has 2 saturated heterocycles. The molecule has 3 atom stereocenters. The van der Waals surface area contributed by atoms with Gasteiger partial charge in [0.15, 0.2) is 0 Å². The number of carbonyl (C=O) groups excluding carboxylic acids is 2. The smallest absolute Gasteiger partial charge is 0.245 e. The third-order valence-corrected chi connectivity index (χ3v) is 3.52. The molecule has 2 amide bonds. The molecule has 16 heavy (non-hydrogen) atoms. The van der Waals surface area contributed by atoms with Crippen molar-refractivity contribution in [3.63, 3.8) is 0 Å². The molecule has 2 unspecified atom stereocenters. The van der Waals surface area contributed by atoms with Crippen molar-refractivity contribution in [2.45, 2.75) is 38.3 Å². The molecular formula is C11H18N2O3. The first-order chi connectivity index (χ1) is 7.58. The van der Waals surface area contributed by atoms with Crippen LogP contribution in [0.5, 0.6) is 0 Å². The highest BCUT2D eigenvalue weighted by Crippen LogP contribution is 2.19. The molecular weight excluding hydrogens is 208 g/mol. The predicted molar refractivity (Wildman–Crippen MR) is 57.5 cm³/mol. The van der Waals surface area contributed by atoms with Gasteiger partial charge < -0.3 is 15.3 Å². The van der Waals surface area contributed by atoms with Crippen LogP contribution in [0.3, 0.4) is 0 Å². The minimum Gasteiger partial charge on any atom is -0.391 e. The van der Waals surface area contributed by atoms with Gasteiger partial charge in [-0.05, 0) is 18.8 Å². The molecule has 5 heteroatoms. The van der Waals surface area contributed by atoms with E-state index < -0.39 is 6.10 Å². The van der Waals surface area contributed by atoms with Gasteiger partial charge in [-0.2, -0.15) is 0 Å². The van der Waals surface area contributed by atoms with Crippen LogP contribution in [0.15, 0.2) is 0 Å². The van der Waals surface area contributed by atoms with Gasteiger partial charge in [-0.25, -0.2) is 0 Å². The third kappa shape index (κ3) is 2.19. The molecule has 90 valence electrons. The van der Waals surface area contributed by atoms with Crippen LogP contribution in [0.25, 0.3) is 0 Å². The maximum Gasteiger partial charge on any atom is 0.245 e. The molecule has 0 saturated carbocycles. The van der Waals surface area contributed by atoms with E-state index in [4.69, 9.17) is 0 Å². The Morgan fingerprint density at radius 1 is 1.50 bits per heavy atom. The molecule has 2 rings (SSSR count). The molecule has 0 aliphatic carbocycles. The van der Waals surface area contributed by atoms with E-state index in [-0.39, 0.29) is 23.8 Å². The van der Waals surface area contributed by atoms with E-state index in [0.29, 0.717) is 25.9 Å². The van der Waals surface area contributed by atoms with Gasteiger partial charge in [0.1, 0.15) is 6.04 Å². The lowest BCUT2D eigenvalue weighted by atomic mass is 9.95. The van der Waals surface area contributed by atoms with Crippen molar-refractivity contribution in [3.05, 3.63) is 0 Å². The summed E-state index contributed by atoms with van der Waals surface area (Å²) in [5, 5.41) is 12.4. The van der Waals surface area contributed by atoms with Crippen LogP contribution in [0.1, 0.15) is 26.2 Å². The topological polar surface area (TPSA) is 69.6 Å². The summed E-state index contributed by atoms with van der Waals surface area (Å²) in [4.78, 5) is 24.7. The maximum atomic E-state index is 12.0. The maximum absolute atomic E-state index is 12.0. The number of amides is 2. The second-order valence-corrected chi connectivity index (χ2v) is 4.78. The van der Waals surface area contributed by atoms with E-state index in [0.717, 1.165) is 6.42 Å². The Bertz CT molecular complexity index is 306. The fourth-order valence-electron chi connectivity index (χ4n) is 2.27. The van der Waals surface area contributed by atoms with Gasteiger partial charge in [0.25, 0.3) is 0 Å². The van der Waals surface area contributed by atoms with Gasteiger partial charge >= 0.3 is 0 Å². The van der Waals surface area contributed by atoms with Crippen molar-refractivity contribution in [1.29, 1.82) is 0 Å². The zero-order valence-corrected chi connectivity index (χ0v) is 9.48. The summed E-state index contributed by atoms with van der Waals surface area (Å²) in [6.45, 7) is 3.07. The van der Waals surface area contributed by atoms with Gasteiger partial charge in [-0.15, -0.1) is 0 Å². The van der Waals surface area contributed by atoms with Crippen LogP contribution in [0.2, 0.25) is 0 Å². The van der Waals surface area contributed by atoms with Crippen LogP contribution >= 0.6 is 0 Å². The number of aliphatic hydroxyl groups is 1. The highest BCUT2D eigenvalue weighted by atomic mass is 16.3. The number of carbonyl (C=O) groups is 2. The summed E-state index contributed by atoms with van der Waals surface area (Å²) in [5.74, 6) is 0.156. The van der Waals surface area contributed by atoms with Crippen molar-refractivity contribution < 1.29 is 14.7 Å². The first-order valence-corrected chi connectivity index (χ1v) is 5.84. The number of aliphatic hydroxyl groups excluding tert-OH is 1. The van der Waals surface area contributed by atoms with Gasteiger partial charge in [-0.1, -0.05) is 6.92 Å². The molecule has 2 fully saturated rings. The third-order valence-electron chi connectivity index (χ3n) is 3.52. The Hall–Kier alpha value is -1.10. The summed E-state index contributed by atoms with van der Waals surface area (Å²) < 4.78 is 0. The zero-order chi connectivity index (χ0) is 11.7. The van der Waals surface area contributed by atoms with Crippen LogP contribution in [0.4, 0.5) is 0 Å². The molecule has 2 N–H and O–H groups in total. The summed E-state index contributed by atoms with van der Waals surface area (Å²) >= 11 is 0. The van der Waals surface area contributed by atoms with Gasteiger partial charge in [0, 0.05) is 19.5 Å². The van der Waals surface area contributed by atoms with Crippen LogP contribution in [-0.4, -0.2) is 47.1 Å². The number of nitrogens with zero attached hydrogens (tertiary/aromatic N) is 1. The first kappa shape index (κ1) is 11.4. The SMILES string of the molecule is CC1CCN(C(=O)[C@@H]2CCC(=O)N2)CC1O. The molecule has 0 aromatic heterocycles. The monoisotopic (exact) mass is 226 g/mol. The predicted octanol–water partition coefficient (Wildman–Crippen LogP) is -0.506. The lowest BCUT2D eigenvalue weighted by Crippen LogP contribution is -2.51. The lowest BCUT2D eigenvalue weighted by Gasteiger charge is -2.35. The molecule has 2 heterocycles. The summed E-state index contributed by atoms with van der Waals surface area (Å²) in [7, 11) is 0. The van der Waals surface area contributed by atoms with Crippen LogP contribution in [0, 0.1) is 5.92 Å². The second-order valence-electron chi connectivity index (χ2n) is 4.78. The zero-order valence-electron chi connectivity index (χ0n) is 9.48. The molecule has 0 bridgehead atoms. The van der Waals surface area contributed by atoms with E-state index in [1.165, 1.54) is 0 Å². The summed E-state index contributed by atoms with van der Waals surface area (Å²) in [5.41, 5.74) is 0. The number of nitrogens with one attached hydrogen (secondary N) is 1. The molecule has 2 aliphatic heterocycles. The normalized spacial score (nSPS) is 35.0. The van der Waals surface area contributed by atoms with Crippen molar-refractivity contribution in [2.75, 3.05) is 13.1 Å². The number of β-amino-alcohol motifs (C(OH)–C–C–N with tert-alkyl or cyclic N) is 1. The van der Waals surface area contributed by atoms with E-state index in [1.807, 2.05) is 6.92 Å². The fourth-order valence-corrected chi connectivity index (χ4v) is 2.27. The Morgan fingerprint density at radius 2 is 2.25 bits per heavy atom. The lowest BCUT2D eigenvalue weighted by molar-refractivity contribution is -0.138. The number of piperidine rings is 1. The quantitative estimate of drug-likeness (QED) is 0.633. The Morgan fingerprint density at radius 3 is 2.81 bits per heavy atom. The van der Waals surface area contributed by atoms with Gasteiger partial charge in [-0.3, -0.25) is 9.59 Å². The van der Waals surface area contributed by atoms with Crippen molar-refractivity contribution >= 4 is 11.8 Å². The largest absolute Gasteiger partial charge is 0.391 e. The van der Waals surface area contributed by atoms with Gasteiger partial charge in [0.2, 0.25) is 11.8 Å². The van der Waals surface area contributed by atoms with E-state index in [9.17, 15) is 14.7 Å². The average Bonchev–Trinajstić information content (AvgIpc) is 2.68. The number of likely N-dealkylation sites (tertiary alicyclic amines) is 1. The van der Waals surface area contributed by atoms with Gasteiger partial charge in [0.05, 0.1) is 6.10 Å². The Labute approximate surface area is 94.8 Å². The van der Waals surface area contributed by atoms with E-state index in [2.05, 4.69) is 5.32 Å². The summed E-state index contributed by atoms with van der Waals surface area (Å²) in [6.07, 6.45) is 1.41. The minimum absolute atomic E-state index is 0.0446. The molecule has 0 aromatic rings.